The molecule has 3 rings (SSSR count). The molecule has 7 heteroatoms. The summed E-state index contributed by atoms with van der Waals surface area (Å²) in [5, 5.41) is 6.05. The van der Waals surface area contributed by atoms with E-state index in [0.29, 0.717) is 18.2 Å². The van der Waals surface area contributed by atoms with E-state index in [2.05, 4.69) is 20.6 Å². The van der Waals surface area contributed by atoms with Crippen LogP contribution >= 0.6 is 0 Å². The molecule has 1 amide bonds. The Bertz CT molecular complexity index is 975. The number of benzene rings is 2. The molecule has 0 fully saturated rings. The molecule has 0 unspecified atom stereocenters. The van der Waals surface area contributed by atoms with E-state index in [1.165, 1.54) is 0 Å². The Hall–Kier alpha value is -3.61. The van der Waals surface area contributed by atoms with Crippen LogP contribution in [0.15, 0.2) is 54.6 Å². The first kappa shape index (κ1) is 19.2. The van der Waals surface area contributed by atoms with Gasteiger partial charge < -0.3 is 20.1 Å². The minimum atomic E-state index is -0.287. The summed E-state index contributed by atoms with van der Waals surface area (Å²) in [6.07, 6.45) is 0. The van der Waals surface area contributed by atoms with Crippen molar-refractivity contribution in [1.29, 1.82) is 0 Å². The van der Waals surface area contributed by atoms with Gasteiger partial charge in [0, 0.05) is 29.9 Å². The summed E-state index contributed by atoms with van der Waals surface area (Å²) in [4.78, 5) is 21.2. The Labute approximate surface area is 163 Å². The van der Waals surface area contributed by atoms with Crippen molar-refractivity contribution >= 4 is 17.4 Å². The lowest BCUT2D eigenvalue weighted by Gasteiger charge is -2.11. The summed E-state index contributed by atoms with van der Waals surface area (Å²) in [5.41, 5.74) is 1.98. The van der Waals surface area contributed by atoms with Crippen LogP contribution in [0, 0.1) is 6.92 Å². The van der Waals surface area contributed by atoms with E-state index in [9.17, 15) is 4.79 Å². The van der Waals surface area contributed by atoms with Gasteiger partial charge in [-0.15, -0.1) is 0 Å². The Balaban J connectivity index is 1.74. The molecule has 0 aliphatic carbocycles. The second-order valence-corrected chi connectivity index (χ2v) is 6.04. The van der Waals surface area contributed by atoms with Gasteiger partial charge in [-0.1, -0.05) is 24.3 Å². The predicted octanol–water partition coefficient (Wildman–Crippen LogP) is 3.48. The highest BCUT2D eigenvalue weighted by Gasteiger charge is 2.12. The zero-order chi connectivity index (χ0) is 19.9. The van der Waals surface area contributed by atoms with Crippen LogP contribution in [0.4, 0.5) is 11.5 Å². The van der Waals surface area contributed by atoms with Gasteiger partial charge in [0.05, 0.1) is 14.2 Å². The molecule has 1 aromatic heterocycles. The number of nitrogens with one attached hydrogen (secondary N) is 2. The number of aromatic nitrogens is 2. The number of hydrogen-bond donors (Lipinski definition) is 2. The minimum absolute atomic E-state index is 0.285. The Morgan fingerprint density at radius 3 is 2.61 bits per heavy atom. The van der Waals surface area contributed by atoms with Crippen molar-refractivity contribution in [3.05, 3.63) is 71.7 Å². The van der Waals surface area contributed by atoms with Gasteiger partial charge in [0.1, 0.15) is 28.8 Å². The molecule has 3 aromatic rings. The molecule has 2 N–H and O–H groups in total. The van der Waals surface area contributed by atoms with Gasteiger partial charge in [-0.3, -0.25) is 4.79 Å². The fourth-order valence-electron chi connectivity index (χ4n) is 2.71. The molecule has 0 aliphatic heterocycles. The molecule has 0 saturated heterocycles. The van der Waals surface area contributed by atoms with Gasteiger partial charge in [-0.05, 0) is 25.1 Å². The lowest BCUT2D eigenvalue weighted by atomic mass is 10.2. The van der Waals surface area contributed by atoms with Crippen molar-refractivity contribution in [2.45, 2.75) is 13.5 Å². The van der Waals surface area contributed by atoms with Crippen molar-refractivity contribution in [3.8, 4) is 11.5 Å². The zero-order valence-electron chi connectivity index (χ0n) is 16.0. The summed E-state index contributed by atoms with van der Waals surface area (Å²) in [6.45, 7) is 2.08. The average molecular weight is 378 g/mol. The van der Waals surface area contributed by atoms with Crippen LogP contribution in [0.5, 0.6) is 11.5 Å². The van der Waals surface area contributed by atoms with Crippen molar-refractivity contribution in [1.82, 2.24) is 15.3 Å². The van der Waals surface area contributed by atoms with E-state index in [-0.39, 0.29) is 11.6 Å². The number of ether oxygens (including phenoxy) is 2. The first-order chi connectivity index (χ1) is 13.6. The number of nitrogens with zero attached hydrogens (tertiary/aromatic N) is 2. The topological polar surface area (TPSA) is 85.4 Å². The Morgan fingerprint density at radius 2 is 1.82 bits per heavy atom. The molecule has 0 atom stereocenters. The van der Waals surface area contributed by atoms with Crippen molar-refractivity contribution in [2.24, 2.45) is 0 Å². The van der Waals surface area contributed by atoms with Crippen molar-refractivity contribution in [3.63, 3.8) is 0 Å². The molecule has 0 saturated carbocycles. The predicted molar refractivity (Wildman–Crippen MR) is 107 cm³/mol. The van der Waals surface area contributed by atoms with Crippen LogP contribution in [-0.2, 0) is 6.54 Å². The average Bonchev–Trinajstić information content (AvgIpc) is 2.71. The summed E-state index contributed by atoms with van der Waals surface area (Å²) in [7, 11) is 3.21. The second kappa shape index (κ2) is 8.85. The lowest BCUT2D eigenvalue weighted by Crippen LogP contribution is -2.24. The van der Waals surface area contributed by atoms with Gasteiger partial charge in [-0.2, -0.15) is 0 Å². The summed E-state index contributed by atoms with van der Waals surface area (Å²) >= 11 is 0. The van der Waals surface area contributed by atoms with Gasteiger partial charge in [0.25, 0.3) is 5.91 Å². The number of carbonyl (C=O) groups excluding carboxylic acids is 1. The highest BCUT2D eigenvalue weighted by molar-refractivity contribution is 5.93. The maximum atomic E-state index is 12.6. The smallest absolute Gasteiger partial charge is 0.270 e. The molecular formula is C21H22N4O3. The number of carbonyl (C=O) groups is 1. The molecule has 0 aliphatic rings. The summed E-state index contributed by atoms with van der Waals surface area (Å²) in [5.74, 6) is 2.19. The molecule has 1 heterocycles. The van der Waals surface area contributed by atoms with Crippen molar-refractivity contribution in [2.75, 3.05) is 19.5 Å². The van der Waals surface area contributed by atoms with Crippen LogP contribution in [0.3, 0.4) is 0 Å². The van der Waals surface area contributed by atoms with Gasteiger partial charge in [0.15, 0.2) is 0 Å². The SMILES string of the molecule is COc1cccc(Nc2cc(C(=O)NCc3ccccc3OC)nc(C)n2)c1. The standard InChI is InChI=1S/C21H22N4O3/c1-14-23-18(21(26)22-13-15-7-4-5-10-19(15)28-3)12-20(24-14)25-16-8-6-9-17(11-16)27-2/h4-12H,13H2,1-3H3,(H,22,26)(H,23,24,25). The molecule has 0 radical (unpaired) electrons. The monoisotopic (exact) mass is 378 g/mol. The highest BCUT2D eigenvalue weighted by atomic mass is 16.5. The number of para-hydroxylation sites is 1. The number of aryl methyl sites for hydroxylation is 1. The third-order valence-electron chi connectivity index (χ3n) is 4.04. The van der Waals surface area contributed by atoms with E-state index in [4.69, 9.17) is 9.47 Å². The largest absolute Gasteiger partial charge is 0.497 e. The highest BCUT2D eigenvalue weighted by Crippen LogP contribution is 2.21. The Kier molecular flexibility index (Phi) is 6.06. The van der Waals surface area contributed by atoms with E-state index in [0.717, 1.165) is 22.7 Å². The van der Waals surface area contributed by atoms with Crippen LogP contribution in [0.2, 0.25) is 0 Å². The quantitative estimate of drug-likeness (QED) is 0.655. The maximum Gasteiger partial charge on any atom is 0.270 e. The van der Waals surface area contributed by atoms with E-state index < -0.39 is 0 Å². The molecule has 7 nitrogen and oxygen atoms in total. The van der Waals surface area contributed by atoms with Gasteiger partial charge >= 0.3 is 0 Å². The molecule has 0 spiro atoms. The van der Waals surface area contributed by atoms with Crippen LogP contribution in [0.25, 0.3) is 0 Å². The molecule has 0 bridgehead atoms. The normalized spacial score (nSPS) is 10.2. The Morgan fingerprint density at radius 1 is 1.00 bits per heavy atom. The molecular weight excluding hydrogens is 356 g/mol. The molecule has 28 heavy (non-hydrogen) atoms. The van der Waals surface area contributed by atoms with Gasteiger partial charge in [-0.25, -0.2) is 9.97 Å². The number of methoxy groups -OCH3 is 2. The third kappa shape index (κ3) is 4.76. The maximum absolute atomic E-state index is 12.6. The molecule has 2 aromatic carbocycles. The molecule has 144 valence electrons. The third-order valence-corrected chi connectivity index (χ3v) is 4.04. The van der Waals surface area contributed by atoms with Crippen molar-refractivity contribution < 1.29 is 14.3 Å². The fraction of sp³-hybridized carbons (Fsp3) is 0.190. The number of hydrogen-bond acceptors (Lipinski definition) is 6. The minimum Gasteiger partial charge on any atom is -0.497 e. The van der Waals surface area contributed by atoms with Crippen LogP contribution in [0.1, 0.15) is 21.9 Å². The second-order valence-electron chi connectivity index (χ2n) is 6.04. The van der Waals surface area contributed by atoms with E-state index in [1.54, 1.807) is 27.2 Å². The van der Waals surface area contributed by atoms with E-state index in [1.807, 2.05) is 48.5 Å². The first-order valence-electron chi connectivity index (χ1n) is 8.76. The zero-order valence-corrected chi connectivity index (χ0v) is 16.0. The van der Waals surface area contributed by atoms with Crippen LogP contribution < -0.4 is 20.1 Å². The fourth-order valence-corrected chi connectivity index (χ4v) is 2.71. The number of anilines is 2. The number of rotatable bonds is 7. The van der Waals surface area contributed by atoms with Gasteiger partial charge in [0.2, 0.25) is 0 Å². The van der Waals surface area contributed by atoms with Crippen LogP contribution in [-0.4, -0.2) is 30.1 Å². The van der Waals surface area contributed by atoms with E-state index >= 15 is 0 Å². The first-order valence-corrected chi connectivity index (χ1v) is 8.76. The summed E-state index contributed by atoms with van der Waals surface area (Å²) < 4.78 is 10.5. The number of amides is 1. The summed E-state index contributed by atoms with van der Waals surface area (Å²) in [6, 6.07) is 16.6. The lowest BCUT2D eigenvalue weighted by molar-refractivity contribution is 0.0945.